The molecule has 0 heterocycles. The Morgan fingerprint density at radius 2 is 1.73 bits per heavy atom. The molecule has 3 rings (SSSR count). The molecule has 0 saturated carbocycles. The molecule has 1 aliphatic rings. The number of phenolic OH excluding ortho intramolecular Hbond substituents is 1. The third kappa shape index (κ3) is 4.25. The van der Waals surface area contributed by atoms with E-state index in [0.29, 0.717) is 11.3 Å². The Morgan fingerprint density at radius 3 is 2.37 bits per heavy atom. The summed E-state index contributed by atoms with van der Waals surface area (Å²) in [6.07, 6.45) is 3.62. The molecule has 30 heavy (non-hydrogen) atoms. The van der Waals surface area contributed by atoms with E-state index >= 15 is 0 Å². The van der Waals surface area contributed by atoms with Crippen LogP contribution in [0, 0.1) is 0 Å². The van der Waals surface area contributed by atoms with E-state index in [2.05, 4.69) is 45.7 Å². The maximum atomic E-state index is 12.8. The highest BCUT2D eigenvalue weighted by Crippen LogP contribution is 2.45. The fourth-order valence-corrected chi connectivity index (χ4v) is 3.93. The maximum Gasteiger partial charge on any atom is 0.342 e. The van der Waals surface area contributed by atoms with E-state index in [-0.39, 0.29) is 34.7 Å². The van der Waals surface area contributed by atoms with Crippen LogP contribution in [-0.2, 0) is 15.6 Å². The average Bonchev–Trinajstić information content (AvgIpc) is 2.69. The SMILES string of the molecule is C=CCOC(=O)c1ccc(NC(=O)c2ccc3c(c2)C(C)(C)CCC3(C)C)cc1O. The van der Waals surface area contributed by atoms with Gasteiger partial charge in [0.2, 0.25) is 0 Å². The lowest BCUT2D eigenvalue weighted by atomic mass is 9.63. The summed E-state index contributed by atoms with van der Waals surface area (Å²) in [6.45, 7) is 12.4. The highest BCUT2D eigenvalue weighted by molar-refractivity contribution is 6.05. The number of esters is 1. The van der Waals surface area contributed by atoms with Crippen molar-refractivity contribution in [3.05, 3.63) is 71.3 Å². The van der Waals surface area contributed by atoms with Crippen LogP contribution in [0.25, 0.3) is 0 Å². The highest BCUT2D eigenvalue weighted by atomic mass is 16.5. The van der Waals surface area contributed by atoms with Crippen LogP contribution in [0.3, 0.4) is 0 Å². The minimum atomic E-state index is -0.648. The summed E-state index contributed by atoms with van der Waals surface area (Å²) in [6, 6.07) is 10.2. The number of fused-ring (bicyclic) bond motifs is 1. The van der Waals surface area contributed by atoms with Gasteiger partial charge in [0.1, 0.15) is 17.9 Å². The van der Waals surface area contributed by atoms with Gasteiger partial charge in [-0.2, -0.15) is 0 Å². The number of rotatable bonds is 5. The number of ether oxygens (including phenoxy) is 1. The Kier molecular flexibility index (Phi) is 5.75. The average molecular weight is 408 g/mol. The number of carbonyl (C=O) groups is 2. The number of carbonyl (C=O) groups excluding carboxylic acids is 2. The van der Waals surface area contributed by atoms with E-state index in [4.69, 9.17) is 4.74 Å². The normalized spacial score (nSPS) is 16.3. The summed E-state index contributed by atoms with van der Waals surface area (Å²) in [5.74, 6) is -1.17. The molecule has 0 fully saturated rings. The van der Waals surface area contributed by atoms with Crippen LogP contribution in [-0.4, -0.2) is 23.6 Å². The third-order valence-electron chi connectivity index (χ3n) is 5.92. The van der Waals surface area contributed by atoms with Crippen molar-refractivity contribution in [2.75, 3.05) is 11.9 Å². The minimum Gasteiger partial charge on any atom is -0.507 e. The van der Waals surface area contributed by atoms with Gasteiger partial charge in [0.05, 0.1) is 0 Å². The van der Waals surface area contributed by atoms with Crippen LogP contribution in [0.5, 0.6) is 5.75 Å². The molecule has 0 bridgehead atoms. The third-order valence-corrected chi connectivity index (χ3v) is 5.92. The number of nitrogens with one attached hydrogen (secondary N) is 1. The molecule has 2 aromatic rings. The Labute approximate surface area is 177 Å². The summed E-state index contributed by atoms with van der Waals surface area (Å²) in [5, 5.41) is 12.9. The number of anilines is 1. The zero-order chi connectivity index (χ0) is 22.1. The first kappa shape index (κ1) is 21.6. The monoisotopic (exact) mass is 407 g/mol. The van der Waals surface area contributed by atoms with Crippen molar-refractivity contribution >= 4 is 17.6 Å². The van der Waals surface area contributed by atoms with Crippen LogP contribution in [0.1, 0.15) is 72.4 Å². The molecule has 0 spiro atoms. The maximum absolute atomic E-state index is 12.8. The van der Waals surface area contributed by atoms with Gasteiger partial charge in [-0.15, -0.1) is 0 Å². The molecule has 1 amide bonds. The van der Waals surface area contributed by atoms with E-state index in [1.165, 1.54) is 29.3 Å². The topological polar surface area (TPSA) is 75.6 Å². The second-order valence-electron chi connectivity index (χ2n) is 9.10. The van der Waals surface area contributed by atoms with Crippen molar-refractivity contribution in [1.82, 2.24) is 0 Å². The zero-order valence-electron chi connectivity index (χ0n) is 18.0. The minimum absolute atomic E-state index is 0.00680. The lowest BCUT2D eigenvalue weighted by Crippen LogP contribution is -2.34. The molecule has 2 N–H and O–H groups in total. The molecule has 0 unspecified atom stereocenters. The molecule has 1 aliphatic carbocycles. The number of benzene rings is 2. The molecule has 2 aromatic carbocycles. The molecule has 5 heteroatoms. The summed E-state index contributed by atoms with van der Waals surface area (Å²) < 4.78 is 4.93. The van der Waals surface area contributed by atoms with Crippen molar-refractivity contribution in [2.24, 2.45) is 0 Å². The van der Waals surface area contributed by atoms with E-state index in [1.54, 1.807) is 6.07 Å². The molecular formula is C25H29NO4. The summed E-state index contributed by atoms with van der Waals surface area (Å²) in [7, 11) is 0. The first-order chi connectivity index (χ1) is 14.0. The van der Waals surface area contributed by atoms with Crippen molar-refractivity contribution < 1.29 is 19.4 Å². The van der Waals surface area contributed by atoms with Gasteiger partial charge in [-0.25, -0.2) is 4.79 Å². The fourth-order valence-electron chi connectivity index (χ4n) is 3.93. The Balaban J connectivity index is 1.82. The van der Waals surface area contributed by atoms with Gasteiger partial charge in [0.25, 0.3) is 5.91 Å². The largest absolute Gasteiger partial charge is 0.507 e. The predicted molar refractivity (Wildman–Crippen MR) is 118 cm³/mol. The van der Waals surface area contributed by atoms with Crippen LogP contribution < -0.4 is 5.32 Å². The van der Waals surface area contributed by atoms with Crippen LogP contribution in [0.4, 0.5) is 5.69 Å². The Morgan fingerprint density at radius 1 is 1.07 bits per heavy atom. The number of amides is 1. The molecule has 0 aromatic heterocycles. The molecule has 158 valence electrons. The van der Waals surface area contributed by atoms with E-state index in [0.717, 1.165) is 12.8 Å². The number of hydrogen-bond donors (Lipinski definition) is 2. The first-order valence-electron chi connectivity index (χ1n) is 10.1. The lowest BCUT2D eigenvalue weighted by Gasteiger charge is -2.42. The quantitative estimate of drug-likeness (QED) is 0.518. The predicted octanol–water partition coefficient (Wildman–Crippen LogP) is 5.34. The lowest BCUT2D eigenvalue weighted by molar-refractivity contribution is 0.0546. The fraction of sp³-hybridized carbons (Fsp3) is 0.360. The molecule has 0 atom stereocenters. The van der Waals surface area contributed by atoms with Gasteiger partial charge >= 0.3 is 5.97 Å². The Bertz CT molecular complexity index is 1000. The van der Waals surface area contributed by atoms with E-state index < -0.39 is 5.97 Å². The zero-order valence-corrected chi connectivity index (χ0v) is 18.0. The molecule has 0 radical (unpaired) electrons. The number of hydrogen-bond acceptors (Lipinski definition) is 4. The van der Waals surface area contributed by atoms with Crippen LogP contribution in [0.2, 0.25) is 0 Å². The van der Waals surface area contributed by atoms with Crippen LogP contribution >= 0.6 is 0 Å². The Hall–Kier alpha value is -3.08. The van der Waals surface area contributed by atoms with Gasteiger partial charge in [0, 0.05) is 17.3 Å². The van der Waals surface area contributed by atoms with Crippen molar-refractivity contribution in [2.45, 2.75) is 51.4 Å². The molecule has 0 aliphatic heterocycles. The smallest absolute Gasteiger partial charge is 0.342 e. The number of aromatic hydroxyl groups is 1. The van der Waals surface area contributed by atoms with E-state index in [9.17, 15) is 14.7 Å². The summed E-state index contributed by atoms with van der Waals surface area (Å²) in [5.41, 5.74) is 3.58. The van der Waals surface area contributed by atoms with Gasteiger partial charge < -0.3 is 15.2 Å². The standard InChI is InChI=1S/C25H29NO4/c1-6-13-30-23(29)18-9-8-17(15-21(18)27)26-22(28)16-7-10-19-20(14-16)25(4,5)12-11-24(19,2)3/h6-10,14-15,27H,1,11-13H2,2-5H3,(H,26,28). The van der Waals surface area contributed by atoms with Gasteiger partial charge in [0.15, 0.2) is 0 Å². The van der Waals surface area contributed by atoms with Crippen molar-refractivity contribution in [3.63, 3.8) is 0 Å². The van der Waals surface area contributed by atoms with Crippen molar-refractivity contribution in [3.8, 4) is 5.75 Å². The van der Waals surface area contributed by atoms with Gasteiger partial charge in [-0.1, -0.05) is 46.4 Å². The summed E-state index contributed by atoms with van der Waals surface area (Å²) >= 11 is 0. The molecule has 5 nitrogen and oxygen atoms in total. The molecular weight excluding hydrogens is 378 g/mol. The number of phenols is 1. The van der Waals surface area contributed by atoms with Gasteiger partial charge in [-0.05, 0) is 59.1 Å². The van der Waals surface area contributed by atoms with E-state index in [1.807, 2.05) is 12.1 Å². The summed E-state index contributed by atoms with van der Waals surface area (Å²) in [4.78, 5) is 24.8. The van der Waals surface area contributed by atoms with Crippen LogP contribution in [0.15, 0.2) is 49.1 Å². The molecule has 0 saturated heterocycles. The second-order valence-corrected chi connectivity index (χ2v) is 9.10. The first-order valence-corrected chi connectivity index (χ1v) is 10.1. The highest BCUT2D eigenvalue weighted by Gasteiger charge is 2.37. The van der Waals surface area contributed by atoms with Crippen molar-refractivity contribution in [1.29, 1.82) is 0 Å². The van der Waals surface area contributed by atoms with Gasteiger partial charge in [-0.3, -0.25) is 4.79 Å². The second kappa shape index (κ2) is 7.98.